The smallest absolute Gasteiger partial charge is 0.167 e. The van der Waals surface area contributed by atoms with Crippen LogP contribution in [-0.4, -0.2) is 24.1 Å². The van der Waals surface area contributed by atoms with Crippen molar-refractivity contribution in [1.29, 1.82) is 5.26 Å². The zero-order chi connectivity index (χ0) is 47.8. The summed E-state index contributed by atoms with van der Waals surface area (Å²) in [6, 6.07) is 68.5. The number of nitriles is 1. The van der Waals surface area contributed by atoms with Crippen molar-refractivity contribution in [2.45, 2.75) is 41.5 Å². The summed E-state index contributed by atoms with van der Waals surface area (Å²) < 4.78 is 4.63. The Kier molecular flexibility index (Phi) is 10.1. The van der Waals surface area contributed by atoms with Crippen LogP contribution in [0.5, 0.6) is 0 Å². The van der Waals surface area contributed by atoms with Crippen LogP contribution in [0.15, 0.2) is 182 Å². The molecule has 0 amide bonds. The Bertz CT molecular complexity index is 3630. The summed E-state index contributed by atoms with van der Waals surface area (Å²) in [6.45, 7) is 12.3. The maximum atomic E-state index is 11.1. The predicted molar refractivity (Wildman–Crippen MR) is 289 cm³/mol. The molecule has 9 aromatic carbocycles. The zero-order valence-corrected chi connectivity index (χ0v) is 40.0. The molecule has 6 nitrogen and oxygen atoms in total. The normalized spacial score (nSPS) is 11.6. The van der Waals surface area contributed by atoms with Crippen LogP contribution in [-0.2, 0) is 0 Å². The molecule has 0 atom stereocenters. The summed E-state index contributed by atoms with van der Waals surface area (Å²) in [5, 5.41) is 15.5. The number of benzene rings is 9. The first-order valence-electron chi connectivity index (χ1n) is 23.8. The molecular formula is C64H48N6. The van der Waals surface area contributed by atoms with Crippen LogP contribution in [0.2, 0.25) is 0 Å². The first-order chi connectivity index (χ1) is 34.1. The van der Waals surface area contributed by atoms with Gasteiger partial charge in [-0.15, -0.1) is 0 Å². The number of hydrogen-bond acceptors (Lipinski definition) is 4. The molecule has 0 N–H and O–H groups in total. The van der Waals surface area contributed by atoms with Crippen molar-refractivity contribution in [3.8, 4) is 73.3 Å². The van der Waals surface area contributed by atoms with Crippen LogP contribution in [0.4, 0.5) is 0 Å². The first-order valence-corrected chi connectivity index (χ1v) is 23.8. The average Bonchev–Trinajstić information content (AvgIpc) is 3.87. The minimum absolute atomic E-state index is 0.515. The van der Waals surface area contributed by atoms with Gasteiger partial charge >= 0.3 is 0 Å². The molecule has 0 fully saturated rings. The van der Waals surface area contributed by atoms with Gasteiger partial charge in [0.25, 0.3) is 0 Å². The molecule has 0 radical (unpaired) electrons. The van der Waals surface area contributed by atoms with Gasteiger partial charge in [0.1, 0.15) is 11.6 Å². The highest BCUT2D eigenvalue weighted by Gasteiger charge is 2.26. The van der Waals surface area contributed by atoms with Gasteiger partial charge in [0.15, 0.2) is 5.82 Å². The van der Waals surface area contributed by atoms with E-state index in [1.54, 1.807) is 0 Å². The van der Waals surface area contributed by atoms with Crippen molar-refractivity contribution in [2.24, 2.45) is 0 Å². The van der Waals surface area contributed by atoms with E-state index in [1.807, 2.05) is 26.0 Å². The van der Waals surface area contributed by atoms with Gasteiger partial charge in [0, 0.05) is 21.5 Å². The van der Waals surface area contributed by atoms with Crippen LogP contribution in [0.1, 0.15) is 39.5 Å². The van der Waals surface area contributed by atoms with E-state index in [0.29, 0.717) is 23.0 Å². The van der Waals surface area contributed by atoms with E-state index in [-0.39, 0.29) is 0 Å². The molecule has 0 bridgehead atoms. The van der Waals surface area contributed by atoms with E-state index >= 15 is 0 Å². The Morgan fingerprint density at radius 2 is 0.600 bits per heavy atom. The molecule has 0 unspecified atom stereocenters. The van der Waals surface area contributed by atoms with Crippen molar-refractivity contribution in [3.05, 3.63) is 221 Å². The molecule has 12 rings (SSSR count). The number of nitrogens with zero attached hydrogens (tertiary/aromatic N) is 6. The molecule has 0 spiro atoms. The van der Waals surface area contributed by atoms with Crippen molar-refractivity contribution in [3.63, 3.8) is 0 Å². The third kappa shape index (κ3) is 7.31. The summed E-state index contributed by atoms with van der Waals surface area (Å²) in [4.78, 5) is 14.9. The van der Waals surface area contributed by atoms with E-state index < -0.39 is 0 Å². The van der Waals surface area contributed by atoms with Crippen molar-refractivity contribution < 1.29 is 0 Å². The van der Waals surface area contributed by atoms with Gasteiger partial charge in [-0.3, -0.25) is 0 Å². The maximum Gasteiger partial charge on any atom is 0.167 e. The summed E-state index contributed by atoms with van der Waals surface area (Å²) >= 11 is 0. The van der Waals surface area contributed by atoms with Crippen LogP contribution < -0.4 is 0 Å². The van der Waals surface area contributed by atoms with Crippen molar-refractivity contribution in [2.75, 3.05) is 0 Å². The molecule has 0 saturated carbocycles. The van der Waals surface area contributed by atoms with Crippen LogP contribution >= 0.6 is 0 Å². The SMILES string of the molecule is Cc1ccc(-c2ccc3c(c2)c2cc(-c4ccc(C)cc4)ccc2n3-c2cc(C#N)cc(-n3c4ccc(-c5ccc(C)cc5)cc4c4cc(-c5ccc(C)cc5)ccc43)c2-c2nc(C)nc(C)n2)cc1. The molecule has 0 saturated heterocycles. The first kappa shape index (κ1) is 42.4. The number of hydrogen-bond donors (Lipinski definition) is 0. The molecule has 6 heteroatoms. The minimum atomic E-state index is 0.515. The maximum absolute atomic E-state index is 11.1. The summed E-state index contributed by atoms with van der Waals surface area (Å²) in [5.74, 6) is 1.76. The third-order valence-electron chi connectivity index (χ3n) is 13.9. The van der Waals surface area contributed by atoms with E-state index in [4.69, 9.17) is 9.97 Å². The second kappa shape index (κ2) is 16.7. The monoisotopic (exact) mass is 900 g/mol. The van der Waals surface area contributed by atoms with Crippen LogP contribution in [0.25, 0.3) is 111 Å². The van der Waals surface area contributed by atoms with Gasteiger partial charge in [0.05, 0.1) is 50.6 Å². The molecule has 3 aromatic heterocycles. The Hall–Kier alpha value is -8.92. The molecule has 0 aliphatic rings. The van der Waals surface area contributed by atoms with Gasteiger partial charge in [-0.25, -0.2) is 15.0 Å². The molecule has 334 valence electrons. The van der Waals surface area contributed by atoms with E-state index in [9.17, 15) is 5.26 Å². The number of rotatable bonds is 7. The van der Waals surface area contributed by atoms with Gasteiger partial charge in [0.2, 0.25) is 0 Å². The number of aromatic nitrogens is 5. The lowest BCUT2D eigenvalue weighted by Crippen LogP contribution is -2.08. The lowest BCUT2D eigenvalue weighted by Gasteiger charge is -2.20. The highest BCUT2D eigenvalue weighted by molar-refractivity contribution is 6.14. The summed E-state index contributed by atoms with van der Waals surface area (Å²) in [5.41, 5.74) is 20.9. The fourth-order valence-corrected chi connectivity index (χ4v) is 10.3. The Balaban J connectivity index is 1.19. The van der Waals surface area contributed by atoms with Crippen LogP contribution in [0.3, 0.4) is 0 Å². The molecular weight excluding hydrogens is 853 g/mol. The van der Waals surface area contributed by atoms with E-state index in [1.165, 1.54) is 22.3 Å². The minimum Gasteiger partial charge on any atom is -0.308 e. The topological polar surface area (TPSA) is 72.3 Å². The fraction of sp³-hybridized carbons (Fsp3) is 0.0938. The van der Waals surface area contributed by atoms with E-state index in [2.05, 4.69) is 218 Å². The van der Waals surface area contributed by atoms with Gasteiger partial charge < -0.3 is 9.13 Å². The average molecular weight is 901 g/mol. The summed E-state index contributed by atoms with van der Waals surface area (Å²) in [6.07, 6.45) is 0. The zero-order valence-electron chi connectivity index (χ0n) is 40.0. The van der Waals surface area contributed by atoms with Crippen molar-refractivity contribution in [1.82, 2.24) is 24.1 Å². The molecule has 12 aromatic rings. The summed E-state index contributed by atoms with van der Waals surface area (Å²) in [7, 11) is 0. The Morgan fingerprint density at radius 3 is 0.871 bits per heavy atom. The number of fused-ring (bicyclic) bond motifs is 6. The number of aryl methyl sites for hydroxylation is 6. The van der Waals surface area contributed by atoms with Gasteiger partial charge in [-0.1, -0.05) is 144 Å². The quantitative estimate of drug-likeness (QED) is 0.160. The Morgan fingerprint density at radius 1 is 0.329 bits per heavy atom. The van der Waals surface area contributed by atoms with Crippen molar-refractivity contribution >= 4 is 43.6 Å². The highest BCUT2D eigenvalue weighted by Crippen LogP contribution is 2.45. The third-order valence-corrected chi connectivity index (χ3v) is 13.9. The highest BCUT2D eigenvalue weighted by atomic mass is 15.1. The molecule has 70 heavy (non-hydrogen) atoms. The lowest BCUT2D eigenvalue weighted by atomic mass is 9.99. The molecule has 0 aliphatic carbocycles. The second-order valence-corrected chi connectivity index (χ2v) is 18.8. The fourth-order valence-electron chi connectivity index (χ4n) is 10.3. The largest absolute Gasteiger partial charge is 0.308 e. The predicted octanol–water partition coefficient (Wildman–Crippen LogP) is 16.1. The Labute approximate surface area is 407 Å². The second-order valence-electron chi connectivity index (χ2n) is 18.8. The van der Waals surface area contributed by atoms with Crippen LogP contribution in [0, 0.1) is 52.9 Å². The standard InChI is InChI=1S/C64H48N6/c1-38-7-15-45(16-8-38)49-23-27-57-53(33-49)54-34-50(46-17-9-39(2)10-18-46)24-28-58(54)69(57)61-31-44(37-65)32-62(63(61)64-67-42(5)66-43(6)68-64)70-59-29-25-51(47-19-11-40(3)12-20-47)35-55(59)56-36-52(26-30-60(56)70)48-21-13-41(4)14-22-48/h7-36H,1-6H3. The van der Waals surface area contributed by atoms with Gasteiger partial charge in [-0.05, 0) is 147 Å². The van der Waals surface area contributed by atoms with E-state index in [0.717, 1.165) is 105 Å². The van der Waals surface area contributed by atoms with Gasteiger partial charge in [-0.2, -0.15) is 5.26 Å². The lowest BCUT2D eigenvalue weighted by molar-refractivity contribution is 0.924. The molecule has 0 aliphatic heterocycles. The molecule has 3 heterocycles.